The van der Waals surface area contributed by atoms with Gasteiger partial charge in [0.2, 0.25) is 0 Å². The lowest BCUT2D eigenvalue weighted by Gasteiger charge is -2.35. The third kappa shape index (κ3) is 4.20. The molecule has 0 atom stereocenters. The van der Waals surface area contributed by atoms with E-state index in [1.165, 1.54) is 0 Å². The van der Waals surface area contributed by atoms with E-state index in [1.54, 1.807) is 6.07 Å². The maximum atomic E-state index is 14.1. The summed E-state index contributed by atoms with van der Waals surface area (Å²) in [5.41, 5.74) is 1.82. The summed E-state index contributed by atoms with van der Waals surface area (Å²) in [4.78, 5) is 2.39. The number of anilines is 1. The second kappa shape index (κ2) is 8.25. The molecule has 0 radical (unpaired) electrons. The Bertz CT molecular complexity index is 400. The lowest BCUT2D eigenvalue weighted by atomic mass is 10.0. The smallest absolute Gasteiger partial charge is 0.129 e. The number of nitrogens with zero attached hydrogens (tertiary/aromatic N) is 1. The minimum absolute atomic E-state index is 0.114. The molecule has 1 rings (SSSR count). The van der Waals surface area contributed by atoms with E-state index in [0.717, 1.165) is 30.6 Å². The van der Waals surface area contributed by atoms with Crippen molar-refractivity contribution in [3.8, 4) is 0 Å². The number of nitrogens with one attached hydrogen (secondary N) is 1. The zero-order valence-electron chi connectivity index (χ0n) is 13.5. The molecule has 0 saturated heterocycles. The monoisotopic (exact) mass is 280 g/mol. The highest BCUT2D eigenvalue weighted by atomic mass is 19.1. The lowest BCUT2D eigenvalue weighted by Crippen LogP contribution is -2.38. The van der Waals surface area contributed by atoms with Crippen LogP contribution in [0.15, 0.2) is 18.2 Å². The molecule has 20 heavy (non-hydrogen) atoms. The molecule has 0 unspecified atom stereocenters. The average molecular weight is 280 g/mol. The molecule has 0 aliphatic heterocycles. The summed E-state index contributed by atoms with van der Waals surface area (Å²) in [7, 11) is 1.86. The van der Waals surface area contributed by atoms with Crippen LogP contribution in [0.3, 0.4) is 0 Å². The zero-order chi connectivity index (χ0) is 15.1. The maximum Gasteiger partial charge on any atom is 0.129 e. The van der Waals surface area contributed by atoms with Crippen LogP contribution in [0, 0.1) is 11.7 Å². The van der Waals surface area contributed by atoms with Crippen molar-refractivity contribution in [3.05, 3.63) is 29.6 Å². The largest absolute Gasteiger partial charge is 0.368 e. The van der Waals surface area contributed by atoms with Crippen molar-refractivity contribution in [2.75, 3.05) is 18.5 Å². The normalized spacial score (nSPS) is 11.4. The van der Waals surface area contributed by atoms with Crippen molar-refractivity contribution in [1.82, 2.24) is 5.32 Å². The predicted molar refractivity (Wildman–Crippen MR) is 85.7 cm³/mol. The van der Waals surface area contributed by atoms with Gasteiger partial charge in [-0.05, 0) is 37.9 Å². The Kier molecular flexibility index (Phi) is 7.00. The van der Waals surface area contributed by atoms with E-state index in [9.17, 15) is 4.39 Å². The van der Waals surface area contributed by atoms with Crippen LogP contribution < -0.4 is 10.2 Å². The van der Waals surface area contributed by atoms with Crippen molar-refractivity contribution in [2.45, 2.75) is 53.1 Å². The van der Waals surface area contributed by atoms with Crippen LogP contribution in [0.2, 0.25) is 0 Å². The zero-order valence-corrected chi connectivity index (χ0v) is 13.5. The van der Waals surface area contributed by atoms with Gasteiger partial charge in [-0.3, -0.25) is 0 Å². The Balaban J connectivity index is 3.21. The molecule has 0 amide bonds. The second-order valence-corrected chi connectivity index (χ2v) is 5.78. The van der Waals surface area contributed by atoms with Gasteiger partial charge in [-0.2, -0.15) is 0 Å². The Hall–Kier alpha value is -1.09. The van der Waals surface area contributed by atoms with E-state index in [4.69, 9.17) is 0 Å². The molecular formula is C17H29FN2. The van der Waals surface area contributed by atoms with E-state index >= 15 is 0 Å². The van der Waals surface area contributed by atoms with Gasteiger partial charge in [0.25, 0.3) is 0 Å². The number of hydrogen-bond acceptors (Lipinski definition) is 2. The van der Waals surface area contributed by atoms with Crippen LogP contribution in [0.4, 0.5) is 10.1 Å². The molecule has 0 spiro atoms. The Labute approximate surface area is 123 Å². The average Bonchev–Trinajstić information content (AvgIpc) is 2.41. The van der Waals surface area contributed by atoms with Crippen molar-refractivity contribution in [2.24, 2.45) is 5.92 Å². The molecule has 0 saturated carbocycles. The van der Waals surface area contributed by atoms with Crippen LogP contribution in [0.1, 0.15) is 46.1 Å². The minimum atomic E-state index is -0.114. The molecule has 1 aromatic rings. The predicted octanol–water partition coefficient (Wildman–Crippen LogP) is 4.20. The first kappa shape index (κ1) is 17.0. The Morgan fingerprint density at radius 2 is 1.85 bits per heavy atom. The third-order valence-electron chi connectivity index (χ3n) is 3.70. The van der Waals surface area contributed by atoms with Crippen LogP contribution in [-0.2, 0) is 6.54 Å². The molecule has 0 fully saturated rings. The molecule has 114 valence electrons. The number of benzene rings is 1. The van der Waals surface area contributed by atoms with Crippen LogP contribution in [-0.4, -0.2) is 19.6 Å². The van der Waals surface area contributed by atoms with Gasteiger partial charge in [0, 0.05) is 30.4 Å². The van der Waals surface area contributed by atoms with Crippen molar-refractivity contribution >= 4 is 5.69 Å². The maximum absolute atomic E-state index is 14.1. The molecule has 1 aromatic carbocycles. The number of rotatable bonds is 8. The SMILES string of the molecule is CCC(CC)N(CC(C)C)c1cccc(F)c1CNC. The standard InChI is InChI=1S/C17H29FN2/c1-6-14(7-2)20(12-13(3)4)17-10-8-9-16(18)15(17)11-19-5/h8-10,13-14,19H,6-7,11-12H2,1-5H3. The van der Waals surface area contributed by atoms with E-state index in [2.05, 4.69) is 44.0 Å². The van der Waals surface area contributed by atoms with Crippen LogP contribution in [0.5, 0.6) is 0 Å². The summed E-state index contributed by atoms with van der Waals surface area (Å²) >= 11 is 0. The Morgan fingerprint density at radius 3 is 2.35 bits per heavy atom. The van der Waals surface area contributed by atoms with Gasteiger partial charge in [-0.15, -0.1) is 0 Å². The lowest BCUT2D eigenvalue weighted by molar-refractivity contribution is 0.502. The van der Waals surface area contributed by atoms with E-state index in [-0.39, 0.29) is 5.82 Å². The molecule has 1 N–H and O–H groups in total. The fourth-order valence-electron chi connectivity index (χ4n) is 2.74. The molecule has 0 aliphatic carbocycles. The van der Waals surface area contributed by atoms with Crippen LogP contribution >= 0.6 is 0 Å². The molecule has 0 heterocycles. The van der Waals surface area contributed by atoms with Gasteiger partial charge in [0.15, 0.2) is 0 Å². The van der Waals surface area contributed by atoms with Gasteiger partial charge >= 0.3 is 0 Å². The first-order chi connectivity index (χ1) is 9.54. The molecular weight excluding hydrogens is 251 g/mol. The fraction of sp³-hybridized carbons (Fsp3) is 0.647. The summed E-state index contributed by atoms with van der Waals surface area (Å²) in [6, 6.07) is 5.89. The number of hydrogen-bond donors (Lipinski definition) is 1. The van der Waals surface area contributed by atoms with E-state index in [1.807, 2.05) is 13.1 Å². The summed E-state index contributed by atoms with van der Waals surface area (Å²) in [6.45, 7) is 10.4. The molecule has 0 aromatic heterocycles. The highest BCUT2D eigenvalue weighted by molar-refractivity contribution is 5.55. The van der Waals surface area contributed by atoms with Gasteiger partial charge in [0.1, 0.15) is 5.82 Å². The highest BCUT2D eigenvalue weighted by Crippen LogP contribution is 2.28. The highest BCUT2D eigenvalue weighted by Gasteiger charge is 2.20. The van der Waals surface area contributed by atoms with Gasteiger partial charge in [-0.1, -0.05) is 33.8 Å². The summed E-state index contributed by atoms with van der Waals surface area (Å²) in [6.07, 6.45) is 2.16. The topological polar surface area (TPSA) is 15.3 Å². The minimum Gasteiger partial charge on any atom is -0.368 e. The van der Waals surface area contributed by atoms with Crippen LogP contribution in [0.25, 0.3) is 0 Å². The van der Waals surface area contributed by atoms with E-state index < -0.39 is 0 Å². The molecule has 0 aliphatic rings. The quantitative estimate of drug-likeness (QED) is 0.768. The van der Waals surface area contributed by atoms with Crippen molar-refractivity contribution in [3.63, 3.8) is 0 Å². The fourth-order valence-corrected chi connectivity index (χ4v) is 2.74. The first-order valence-corrected chi connectivity index (χ1v) is 7.73. The van der Waals surface area contributed by atoms with Crippen molar-refractivity contribution < 1.29 is 4.39 Å². The summed E-state index contributed by atoms with van der Waals surface area (Å²) in [5.74, 6) is 0.442. The summed E-state index contributed by atoms with van der Waals surface area (Å²) < 4.78 is 14.1. The Morgan fingerprint density at radius 1 is 1.20 bits per heavy atom. The molecule has 3 heteroatoms. The third-order valence-corrected chi connectivity index (χ3v) is 3.70. The van der Waals surface area contributed by atoms with E-state index in [0.29, 0.717) is 18.5 Å². The number of halogens is 1. The van der Waals surface area contributed by atoms with Gasteiger partial charge in [-0.25, -0.2) is 4.39 Å². The molecule has 0 bridgehead atoms. The summed E-state index contributed by atoms with van der Waals surface area (Å²) in [5, 5.41) is 3.08. The second-order valence-electron chi connectivity index (χ2n) is 5.78. The van der Waals surface area contributed by atoms with Gasteiger partial charge < -0.3 is 10.2 Å². The first-order valence-electron chi connectivity index (χ1n) is 7.73. The van der Waals surface area contributed by atoms with Crippen molar-refractivity contribution in [1.29, 1.82) is 0 Å². The molecule has 2 nitrogen and oxygen atoms in total. The van der Waals surface area contributed by atoms with Gasteiger partial charge in [0.05, 0.1) is 0 Å².